The Morgan fingerprint density at radius 2 is 2.17 bits per heavy atom. The van der Waals surface area contributed by atoms with E-state index < -0.39 is 0 Å². The number of amides is 1. The van der Waals surface area contributed by atoms with Gasteiger partial charge in [-0.15, -0.1) is 0 Å². The second kappa shape index (κ2) is 8.41. The Balaban J connectivity index is 1.68. The van der Waals surface area contributed by atoms with Gasteiger partial charge in [0.15, 0.2) is 5.65 Å². The molecule has 0 N–H and O–H groups in total. The summed E-state index contributed by atoms with van der Waals surface area (Å²) >= 11 is 6.15. The van der Waals surface area contributed by atoms with Gasteiger partial charge in [-0.1, -0.05) is 18.5 Å². The Labute approximate surface area is 175 Å². The molecule has 0 aliphatic heterocycles. The third kappa shape index (κ3) is 4.22. The van der Waals surface area contributed by atoms with Gasteiger partial charge in [0.25, 0.3) is 5.91 Å². The van der Waals surface area contributed by atoms with Crippen molar-refractivity contribution in [2.45, 2.75) is 39.3 Å². The van der Waals surface area contributed by atoms with Gasteiger partial charge in [0.05, 0.1) is 19.2 Å². The standard InChI is InChI=1S/C22H25ClN4O2/c1-3-11-26(22(28)17-12-16(23)8-9-19(17)29-2)14-20-25-18-5-4-10-24-21(18)27(20)13-15-6-7-15/h4-5,8-10,12,15H,3,6-7,11,13-14H2,1-2H3. The maximum atomic E-state index is 13.4. The van der Waals surface area contributed by atoms with E-state index in [1.807, 2.05) is 17.0 Å². The molecule has 4 rings (SSSR count). The van der Waals surface area contributed by atoms with Crippen molar-refractivity contribution in [1.29, 1.82) is 0 Å². The van der Waals surface area contributed by atoms with Crippen LogP contribution in [0.4, 0.5) is 0 Å². The molecule has 152 valence electrons. The van der Waals surface area contributed by atoms with E-state index in [2.05, 4.69) is 16.5 Å². The van der Waals surface area contributed by atoms with E-state index in [4.69, 9.17) is 21.3 Å². The number of hydrogen-bond donors (Lipinski definition) is 0. The Kier molecular flexibility index (Phi) is 5.72. The quantitative estimate of drug-likeness (QED) is 0.544. The van der Waals surface area contributed by atoms with E-state index in [-0.39, 0.29) is 5.91 Å². The lowest BCUT2D eigenvalue weighted by molar-refractivity contribution is 0.0733. The van der Waals surface area contributed by atoms with E-state index in [1.165, 1.54) is 12.8 Å². The smallest absolute Gasteiger partial charge is 0.258 e. The summed E-state index contributed by atoms with van der Waals surface area (Å²) in [5.74, 6) is 1.96. The van der Waals surface area contributed by atoms with Gasteiger partial charge < -0.3 is 14.2 Å². The number of methoxy groups -OCH3 is 1. The molecule has 2 heterocycles. The fourth-order valence-corrected chi connectivity index (χ4v) is 3.76. The van der Waals surface area contributed by atoms with Crippen molar-refractivity contribution in [2.24, 2.45) is 5.92 Å². The number of halogens is 1. The Hall–Kier alpha value is -2.60. The van der Waals surface area contributed by atoms with Crippen LogP contribution in [-0.2, 0) is 13.1 Å². The maximum absolute atomic E-state index is 13.4. The van der Waals surface area contributed by atoms with Crippen LogP contribution < -0.4 is 4.74 Å². The summed E-state index contributed by atoms with van der Waals surface area (Å²) in [4.78, 5) is 24.5. The van der Waals surface area contributed by atoms with Gasteiger partial charge >= 0.3 is 0 Å². The first-order chi connectivity index (χ1) is 14.1. The molecular weight excluding hydrogens is 388 g/mol. The van der Waals surface area contributed by atoms with Gasteiger partial charge in [0.1, 0.15) is 17.1 Å². The molecule has 0 atom stereocenters. The van der Waals surface area contributed by atoms with Crippen LogP contribution in [0.5, 0.6) is 5.75 Å². The second-order valence-electron chi connectivity index (χ2n) is 7.50. The number of rotatable bonds is 8. The molecule has 3 aromatic rings. The Morgan fingerprint density at radius 3 is 2.90 bits per heavy atom. The van der Waals surface area contributed by atoms with Gasteiger partial charge in [-0.25, -0.2) is 9.97 Å². The van der Waals surface area contributed by atoms with Crippen LogP contribution in [0, 0.1) is 5.92 Å². The van der Waals surface area contributed by atoms with Crippen molar-refractivity contribution in [3.05, 3.63) is 52.9 Å². The fourth-order valence-electron chi connectivity index (χ4n) is 3.59. The van der Waals surface area contributed by atoms with Crippen LogP contribution >= 0.6 is 11.6 Å². The molecule has 1 aromatic carbocycles. The van der Waals surface area contributed by atoms with E-state index in [1.54, 1.807) is 31.5 Å². The first kappa shape index (κ1) is 19.7. The molecule has 7 heteroatoms. The van der Waals surface area contributed by atoms with E-state index in [9.17, 15) is 4.79 Å². The molecule has 1 saturated carbocycles. The molecule has 1 aliphatic carbocycles. The highest BCUT2D eigenvalue weighted by Crippen LogP contribution is 2.32. The molecule has 0 bridgehead atoms. The number of nitrogens with zero attached hydrogens (tertiary/aromatic N) is 4. The third-order valence-electron chi connectivity index (χ3n) is 5.23. The number of ether oxygens (including phenoxy) is 1. The van der Waals surface area contributed by atoms with Crippen LogP contribution in [-0.4, -0.2) is 39.0 Å². The highest BCUT2D eigenvalue weighted by molar-refractivity contribution is 6.31. The highest BCUT2D eigenvalue weighted by Gasteiger charge is 2.27. The fraction of sp³-hybridized carbons (Fsp3) is 0.409. The molecule has 1 amide bonds. The minimum absolute atomic E-state index is 0.107. The van der Waals surface area contributed by atoms with Gasteiger partial charge in [-0.2, -0.15) is 0 Å². The number of fused-ring (bicyclic) bond motifs is 1. The van der Waals surface area contributed by atoms with Crippen molar-refractivity contribution >= 4 is 28.7 Å². The number of carbonyl (C=O) groups excluding carboxylic acids is 1. The van der Waals surface area contributed by atoms with Crippen molar-refractivity contribution in [3.8, 4) is 5.75 Å². The molecule has 6 nitrogen and oxygen atoms in total. The zero-order valence-corrected chi connectivity index (χ0v) is 17.5. The summed E-state index contributed by atoms with van der Waals surface area (Å²) < 4.78 is 7.57. The molecule has 1 fully saturated rings. The average Bonchev–Trinajstić information content (AvgIpc) is 3.49. The molecule has 0 unspecified atom stereocenters. The largest absolute Gasteiger partial charge is 0.496 e. The van der Waals surface area contributed by atoms with Crippen molar-refractivity contribution in [1.82, 2.24) is 19.4 Å². The topological polar surface area (TPSA) is 60.2 Å². The predicted octanol–water partition coefficient (Wildman–Crippen LogP) is 4.56. The summed E-state index contributed by atoms with van der Waals surface area (Å²) in [6.07, 6.45) is 5.12. The molecule has 0 spiro atoms. The second-order valence-corrected chi connectivity index (χ2v) is 7.94. The number of carbonyl (C=O) groups is 1. The number of pyridine rings is 1. The van der Waals surface area contributed by atoms with Crippen LogP contribution in [0.25, 0.3) is 11.2 Å². The number of hydrogen-bond acceptors (Lipinski definition) is 4. The van der Waals surface area contributed by atoms with Gasteiger partial charge in [0, 0.05) is 24.3 Å². The van der Waals surface area contributed by atoms with E-state index in [0.29, 0.717) is 35.3 Å². The lowest BCUT2D eigenvalue weighted by Gasteiger charge is -2.23. The summed E-state index contributed by atoms with van der Waals surface area (Å²) in [6.45, 7) is 4.00. The van der Waals surface area contributed by atoms with E-state index >= 15 is 0 Å². The minimum Gasteiger partial charge on any atom is -0.496 e. The van der Waals surface area contributed by atoms with Crippen molar-refractivity contribution < 1.29 is 9.53 Å². The van der Waals surface area contributed by atoms with Crippen molar-refractivity contribution in [2.75, 3.05) is 13.7 Å². The lowest BCUT2D eigenvalue weighted by Crippen LogP contribution is -2.33. The minimum atomic E-state index is -0.107. The van der Waals surface area contributed by atoms with Gasteiger partial charge in [-0.3, -0.25) is 4.79 Å². The molecule has 29 heavy (non-hydrogen) atoms. The monoisotopic (exact) mass is 412 g/mol. The lowest BCUT2D eigenvalue weighted by atomic mass is 10.1. The Morgan fingerprint density at radius 1 is 1.34 bits per heavy atom. The molecule has 0 radical (unpaired) electrons. The third-order valence-corrected chi connectivity index (χ3v) is 5.46. The molecule has 2 aromatic heterocycles. The van der Waals surface area contributed by atoms with E-state index in [0.717, 1.165) is 30.0 Å². The zero-order valence-electron chi connectivity index (χ0n) is 16.8. The number of imidazole rings is 1. The maximum Gasteiger partial charge on any atom is 0.258 e. The summed E-state index contributed by atoms with van der Waals surface area (Å²) in [5, 5.41) is 0.510. The summed E-state index contributed by atoms with van der Waals surface area (Å²) in [5.41, 5.74) is 2.22. The van der Waals surface area contributed by atoms with Crippen LogP contribution in [0.3, 0.4) is 0 Å². The van der Waals surface area contributed by atoms with Gasteiger partial charge in [-0.05, 0) is 55.5 Å². The zero-order chi connectivity index (χ0) is 20.4. The van der Waals surface area contributed by atoms with Crippen LogP contribution in [0.15, 0.2) is 36.5 Å². The first-order valence-electron chi connectivity index (χ1n) is 10.0. The van der Waals surface area contributed by atoms with Crippen LogP contribution in [0.1, 0.15) is 42.4 Å². The molecule has 0 saturated heterocycles. The molecular formula is C22H25ClN4O2. The number of benzene rings is 1. The summed E-state index contributed by atoms with van der Waals surface area (Å²) in [7, 11) is 1.56. The average molecular weight is 413 g/mol. The van der Waals surface area contributed by atoms with Crippen molar-refractivity contribution in [3.63, 3.8) is 0 Å². The normalized spacial score (nSPS) is 13.6. The van der Waals surface area contributed by atoms with Crippen LogP contribution in [0.2, 0.25) is 5.02 Å². The summed E-state index contributed by atoms with van der Waals surface area (Å²) in [6, 6.07) is 8.99. The highest BCUT2D eigenvalue weighted by atomic mass is 35.5. The first-order valence-corrected chi connectivity index (χ1v) is 10.4. The van der Waals surface area contributed by atoms with Gasteiger partial charge in [0.2, 0.25) is 0 Å². The number of aromatic nitrogens is 3. The Bertz CT molecular complexity index is 1030. The SMILES string of the molecule is CCCN(Cc1nc2cccnc2n1CC1CC1)C(=O)c1cc(Cl)ccc1OC. The predicted molar refractivity (Wildman–Crippen MR) is 113 cm³/mol. The molecule has 1 aliphatic rings.